The first kappa shape index (κ1) is 26.9. The van der Waals surface area contributed by atoms with Gasteiger partial charge in [0.2, 0.25) is 11.8 Å². The van der Waals surface area contributed by atoms with Crippen LogP contribution in [0.3, 0.4) is 0 Å². The fourth-order valence-corrected chi connectivity index (χ4v) is 5.24. The normalized spacial score (nSPS) is 12.0. The van der Waals surface area contributed by atoms with Crippen LogP contribution in [0.4, 0.5) is 5.69 Å². The predicted octanol–water partition coefficient (Wildman–Crippen LogP) is 4.05. The summed E-state index contributed by atoms with van der Waals surface area (Å²) in [6, 6.07) is 22.1. The summed E-state index contributed by atoms with van der Waals surface area (Å²) in [5.74, 6) is -0.778. The van der Waals surface area contributed by atoms with Crippen LogP contribution < -0.4 is 9.62 Å². The van der Waals surface area contributed by atoms with Crippen molar-refractivity contribution in [2.45, 2.75) is 45.2 Å². The number of hydrogen-bond donors (Lipinski definition) is 1. The van der Waals surface area contributed by atoms with Gasteiger partial charge in [-0.1, -0.05) is 60.2 Å². The molecule has 8 heteroatoms. The zero-order chi connectivity index (χ0) is 26.3. The Morgan fingerprint density at radius 3 is 2.17 bits per heavy atom. The minimum Gasteiger partial charge on any atom is -0.355 e. The highest BCUT2D eigenvalue weighted by Gasteiger charge is 2.32. The minimum absolute atomic E-state index is 0.0915. The molecule has 3 aromatic carbocycles. The minimum atomic E-state index is -4.06. The van der Waals surface area contributed by atoms with E-state index in [2.05, 4.69) is 5.32 Å². The molecule has 0 aliphatic carbocycles. The molecule has 190 valence electrons. The second-order valence-corrected chi connectivity index (χ2v) is 10.6. The first-order valence-corrected chi connectivity index (χ1v) is 13.3. The van der Waals surface area contributed by atoms with Crippen LogP contribution in [0.1, 0.15) is 30.5 Å². The zero-order valence-corrected chi connectivity index (χ0v) is 22.0. The van der Waals surface area contributed by atoms with E-state index < -0.39 is 28.5 Å². The van der Waals surface area contributed by atoms with Crippen LogP contribution in [-0.2, 0) is 26.2 Å². The molecule has 1 N–H and O–H groups in total. The summed E-state index contributed by atoms with van der Waals surface area (Å²) in [4.78, 5) is 27.9. The number of likely N-dealkylation sites (N-methyl/N-ethyl adjacent to an activating group) is 1. The average Bonchev–Trinajstić information content (AvgIpc) is 2.86. The predicted molar refractivity (Wildman–Crippen MR) is 142 cm³/mol. The Morgan fingerprint density at radius 1 is 0.889 bits per heavy atom. The molecule has 0 aliphatic heterocycles. The molecule has 2 amide bonds. The monoisotopic (exact) mass is 507 g/mol. The Morgan fingerprint density at radius 2 is 1.56 bits per heavy atom. The lowest BCUT2D eigenvalue weighted by atomic mass is 10.1. The summed E-state index contributed by atoms with van der Waals surface area (Å²) in [6.45, 7) is 7.34. The Balaban J connectivity index is 2.02. The van der Waals surface area contributed by atoms with Gasteiger partial charge in [-0.25, -0.2) is 8.42 Å². The van der Waals surface area contributed by atoms with Gasteiger partial charge in [-0.3, -0.25) is 13.9 Å². The number of hydrogen-bond acceptors (Lipinski definition) is 4. The third-order valence-electron chi connectivity index (χ3n) is 5.89. The number of sulfonamides is 1. The maximum absolute atomic E-state index is 13.8. The van der Waals surface area contributed by atoms with Gasteiger partial charge in [0, 0.05) is 13.1 Å². The molecule has 3 rings (SSSR count). The highest BCUT2D eigenvalue weighted by molar-refractivity contribution is 7.92. The summed E-state index contributed by atoms with van der Waals surface area (Å²) in [7, 11) is -4.06. The molecular formula is C28H33N3O4S. The van der Waals surface area contributed by atoms with Gasteiger partial charge in [0.1, 0.15) is 12.6 Å². The van der Waals surface area contributed by atoms with Crippen molar-refractivity contribution in [1.82, 2.24) is 10.2 Å². The standard InChI is InChI=1S/C28H33N3O4S/c1-5-29-28(33)23(4)30(19-24-11-7-6-8-12-24)27(32)20-31(25-13-9-10-22(3)18-25)36(34,35)26-16-14-21(2)15-17-26/h6-18,23H,5,19-20H2,1-4H3,(H,29,33)/t23-/m0/s1. The van der Waals surface area contributed by atoms with Gasteiger partial charge in [0.15, 0.2) is 0 Å². The van der Waals surface area contributed by atoms with Crippen molar-refractivity contribution in [3.05, 3.63) is 95.6 Å². The van der Waals surface area contributed by atoms with Crippen molar-refractivity contribution in [3.63, 3.8) is 0 Å². The van der Waals surface area contributed by atoms with Crippen molar-refractivity contribution >= 4 is 27.5 Å². The Labute approximate surface area is 213 Å². The highest BCUT2D eigenvalue weighted by Crippen LogP contribution is 2.25. The van der Waals surface area contributed by atoms with Gasteiger partial charge in [-0.15, -0.1) is 0 Å². The summed E-state index contributed by atoms with van der Waals surface area (Å²) >= 11 is 0. The van der Waals surface area contributed by atoms with Gasteiger partial charge in [-0.05, 0) is 63.1 Å². The van der Waals surface area contributed by atoms with Gasteiger partial charge >= 0.3 is 0 Å². The van der Waals surface area contributed by atoms with Gasteiger partial charge in [0.05, 0.1) is 10.6 Å². The number of benzene rings is 3. The zero-order valence-electron chi connectivity index (χ0n) is 21.1. The number of nitrogens with one attached hydrogen (secondary N) is 1. The molecule has 0 fully saturated rings. The van der Waals surface area contributed by atoms with E-state index in [4.69, 9.17) is 0 Å². The molecular weight excluding hydrogens is 474 g/mol. The Hall–Kier alpha value is -3.65. The fourth-order valence-electron chi connectivity index (χ4n) is 3.83. The molecule has 0 saturated carbocycles. The summed E-state index contributed by atoms with van der Waals surface area (Å²) in [6.07, 6.45) is 0. The van der Waals surface area contributed by atoms with E-state index in [1.165, 1.54) is 17.0 Å². The Kier molecular flexibility index (Phi) is 8.88. The van der Waals surface area contributed by atoms with E-state index in [9.17, 15) is 18.0 Å². The first-order valence-electron chi connectivity index (χ1n) is 11.9. The van der Waals surface area contributed by atoms with E-state index in [0.29, 0.717) is 12.2 Å². The van der Waals surface area contributed by atoms with Crippen LogP contribution in [0.2, 0.25) is 0 Å². The summed E-state index contributed by atoms with van der Waals surface area (Å²) in [5.41, 5.74) is 3.01. The summed E-state index contributed by atoms with van der Waals surface area (Å²) in [5, 5.41) is 2.76. The quantitative estimate of drug-likeness (QED) is 0.449. The van der Waals surface area contributed by atoms with E-state index in [0.717, 1.165) is 21.0 Å². The van der Waals surface area contributed by atoms with Crippen molar-refractivity contribution in [2.24, 2.45) is 0 Å². The van der Waals surface area contributed by atoms with Crippen LogP contribution in [0, 0.1) is 13.8 Å². The maximum Gasteiger partial charge on any atom is 0.264 e. The molecule has 3 aromatic rings. The summed E-state index contributed by atoms with van der Waals surface area (Å²) < 4.78 is 28.6. The molecule has 7 nitrogen and oxygen atoms in total. The van der Waals surface area contributed by atoms with Crippen LogP contribution in [0.15, 0.2) is 83.8 Å². The number of rotatable bonds is 10. The number of amides is 2. The molecule has 0 aromatic heterocycles. The molecule has 0 heterocycles. The molecule has 0 unspecified atom stereocenters. The lowest BCUT2D eigenvalue weighted by Crippen LogP contribution is -2.51. The largest absolute Gasteiger partial charge is 0.355 e. The van der Waals surface area contributed by atoms with Crippen LogP contribution in [0.5, 0.6) is 0 Å². The van der Waals surface area contributed by atoms with Crippen LogP contribution in [0.25, 0.3) is 0 Å². The Bertz CT molecular complexity index is 1290. The van der Waals surface area contributed by atoms with Crippen LogP contribution >= 0.6 is 0 Å². The van der Waals surface area contributed by atoms with E-state index in [1.54, 1.807) is 37.3 Å². The first-order chi connectivity index (χ1) is 17.1. The number of aryl methyl sites for hydroxylation is 2. The lowest BCUT2D eigenvalue weighted by Gasteiger charge is -2.32. The van der Waals surface area contributed by atoms with Crippen molar-refractivity contribution in [1.29, 1.82) is 0 Å². The topological polar surface area (TPSA) is 86.8 Å². The molecule has 0 bridgehead atoms. The van der Waals surface area contributed by atoms with Gasteiger partial charge in [-0.2, -0.15) is 0 Å². The SMILES string of the molecule is CCNC(=O)[C@H](C)N(Cc1ccccc1)C(=O)CN(c1cccc(C)c1)S(=O)(=O)c1ccc(C)cc1. The fraction of sp³-hybridized carbons (Fsp3) is 0.286. The molecule has 0 radical (unpaired) electrons. The highest BCUT2D eigenvalue weighted by atomic mass is 32.2. The number of anilines is 1. The number of carbonyl (C=O) groups excluding carboxylic acids is 2. The van der Waals surface area contributed by atoms with Crippen molar-refractivity contribution in [3.8, 4) is 0 Å². The molecule has 0 spiro atoms. The third kappa shape index (κ3) is 6.51. The number of nitrogens with zero attached hydrogens (tertiary/aromatic N) is 2. The smallest absolute Gasteiger partial charge is 0.264 e. The third-order valence-corrected chi connectivity index (χ3v) is 7.68. The molecule has 0 saturated heterocycles. The van der Waals surface area contributed by atoms with E-state index in [-0.39, 0.29) is 17.3 Å². The average molecular weight is 508 g/mol. The lowest BCUT2D eigenvalue weighted by molar-refractivity contribution is -0.139. The van der Waals surface area contributed by atoms with Gasteiger partial charge in [0.25, 0.3) is 10.0 Å². The number of carbonyl (C=O) groups is 2. The van der Waals surface area contributed by atoms with Crippen molar-refractivity contribution in [2.75, 3.05) is 17.4 Å². The van der Waals surface area contributed by atoms with Crippen LogP contribution in [-0.4, -0.2) is 44.3 Å². The van der Waals surface area contributed by atoms with E-state index >= 15 is 0 Å². The second kappa shape index (κ2) is 11.9. The maximum atomic E-state index is 13.8. The van der Waals surface area contributed by atoms with Crippen molar-refractivity contribution < 1.29 is 18.0 Å². The molecule has 0 aliphatic rings. The molecule has 36 heavy (non-hydrogen) atoms. The molecule has 1 atom stereocenters. The van der Waals surface area contributed by atoms with E-state index in [1.807, 2.05) is 57.2 Å². The second-order valence-electron chi connectivity index (χ2n) is 8.74. The van der Waals surface area contributed by atoms with Gasteiger partial charge < -0.3 is 10.2 Å².